The number of Topliss-reactive ketones (excluding diaryl/α,β-unsaturated/α-hetero) is 1. The number of ketones is 1. The largest absolute Gasteiger partial charge is 0.300 e. The number of hydrogen-bond donors (Lipinski definition) is 0. The van der Waals surface area contributed by atoms with Crippen molar-refractivity contribution in [1.29, 1.82) is 0 Å². The molecule has 0 aliphatic heterocycles. The Hall–Kier alpha value is -1.11. The van der Waals surface area contributed by atoms with E-state index < -0.39 is 0 Å². The molecule has 1 heteroatoms. The average molecular weight is 605 g/mol. The van der Waals surface area contributed by atoms with E-state index >= 15 is 0 Å². The predicted octanol–water partition coefficient (Wildman–Crippen LogP) is 15.9. The third-order valence-corrected chi connectivity index (χ3v) is 7.35. The second kappa shape index (κ2) is 53.4. The molecule has 0 radical (unpaired) electrons. The molecule has 1 rings (SSSR count). The summed E-state index contributed by atoms with van der Waals surface area (Å²) < 4.78 is 0. The number of rotatable bonds is 23. The number of carbonyl (C=O) groups excluding carboxylic acids is 1. The molecule has 0 N–H and O–H groups in total. The summed E-state index contributed by atoms with van der Waals surface area (Å²) in [5, 5.41) is 0. The molecule has 0 saturated carbocycles. The second-order valence-electron chi connectivity index (χ2n) is 12.3. The van der Waals surface area contributed by atoms with E-state index in [-0.39, 0.29) is 5.78 Å². The Morgan fingerprint density at radius 3 is 0.767 bits per heavy atom. The van der Waals surface area contributed by atoms with Crippen LogP contribution in [-0.4, -0.2) is 5.78 Å². The van der Waals surface area contributed by atoms with Gasteiger partial charge in [0.1, 0.15) is 5.78 Å². The van der Waals surface area contributed by atoms with Gasteiger partial charge in [0.25, 0.3) is 0 Å². The van der Waals surface area contributed by atoms with Crippen molar-refractivity contribution in [3.8, 4) is 0 Å². The zero-order valence-corrected chi connectivity index (χ0v) is 31.5. The van der Waals surface area contributed by atoms with Gasteiger partial charge >= 0.3 is 0 Å². The number of allylic oxidation sites excluding steroid dienone is 6. The van der Waals surface area contributed by atoms with Crippen LogP contribution in [0.1, 0.15) is 229 Å². The van der Waals surface area contributed by atoms with Gasteiger partial charge in [0.2, 0.25) is 0 Å². The van der Waals surface area contributed by atoms with Gasteiger partial charge in [-0.25, -0.2) is 0 Å². The van der Waals surface area contributed by atoms with Gasteiger partial charge in [-0.3, -0.25) is 0 Å². The minimum atomic E-state index is 0.289. The normalized spacial score (nSPS) is 11.1. The lowest BCUT2D eigenvalue weighted by atomic mass is 10.1. The standard InChI is InChI=1S/3C10H22.C7H8.C5H10O/c3*1-3-5-7-9-10-8-6-4-2;1-2-4-6-7-5-3-1;1-3-4-5(2)6/h3*3-10H2,1-2H3;1-6H,7H2;3-4H2,1-2H3. The van der Waals surface area contributed by atoms with Crippen LogP contribution in [-0.2, 0) is 4.79 Å². The highest BCUT2D eigenvalue weighted by molar-refractivity contribution is 5.75. The molecule has 0 aromatic heterocycles. The summed E-state index contributed by atoms with van der Waals surface area (Å²) in [6.07, 6.45) is 49.6. The molecule has 1 aliphatic carbocycles. The number of hydrogen-bond acceptors (Lipinski definition) is 1. The van der Waals surface area contributed by atoms with Gasteiger partial charge in [0.15, 0.2) is 0 Å². The first kappa shape index (κ1) is 48.8. The highest BCUT2D eigenvalue weighted by atomic mass is 16.1. The zero-order valence-electron chi connectivity index (χ0n) is 31.5. The Morgan fingerprint density at radius 2 is 0.605 bits per heavy atom. The van der Waals surface area contributed by atoms with E-state index in [0.29, 0.717) is 0 Å². The summed E-state index contributed by atoms with van der Waals surface area (Å²) in [5.74, 6) is 0.289. The molecule has 0 atom stereocenters. The fraction of sp³-hybridized carbons (Fsp3) is 0.833. The quantitative estimate of drug-likeness (QED) is 0.106. The fourth-order valence-electron chi connectivity index (χ4n) is 4.49. The van der Waals surface area contributed by atoms with E-state index in [4.69, 9.17) is 0 Å². The van der Waals surface area contributed by atoms with Crippen LogP contribution in [0.15, 0.2) is 36.5 Å². The molecule has 1 aliphatic rings. The monoisotopic (exact) mass is 605 g/mol. The van der Waals surface area contributed by atoms with Crippen molar-refractivity contribution in [1.82, 2.24) is 0 Å². The molecule has 0 aromatic rings. The van der Waals surface area contributed by atoms with E-state index in [0.717, 1.165) is 19.3 Å². The molecule has 0 fully saturated rings. The van der Waals surface area contributed by atoms with E-state index in [1.165, 1.54) is 154 Å². The van der Waals surface area contributed by atoms with Crippen molar-refractivity contribution in [2.24, 2.45) is 0 Å². The molecule has 0 unspecified atom stereocenters. The first-order chi connectivity index (χ1) is 21.0. The molecule has 258 valence electrons. The summed E-state index contributed by atoms with van der Waals surface area (Å²) >= 11 is 0. The Labute approximate surface area is 275 Å². The maximum atomic E-state index is 10.0. The van der Waals surface area contributed by atoms with Crippen LogP contribution in [0.3, 0.4) is 0 Å². The van der Waals surface area contributed by atoms with Gasteiger partial charge in [-0.1, -0.05) is 239 Å². The molecule has 0 amide bonds. The maximum Gasteiger partial charge on any atom is 0.129 e. The Balaban J connectivity index is -0.000000224. The van der Waals surface area contributed by atoms with Crippen LogP contribution in [0.2, 0.25) is 0 Å². The first-order valence-corrected chi connectivity index (χ1v) is 19.5. The minimum Gasteiger partial charge on any atom is -0.300 e. The van der Waals surface area contributed by atoms with Crippen LogP contribution < -0.4 is 0 Å². The summed E-state index contributed by atoms with van der Waals surface area (Å²) in [6, 6.07) is 0. The molecule has 0 aromatic carbocycles. The number of carbonyl (C=O) groups is 1. The van der Waals surface area contributed by atoms with E-state index in [1.54, 1.807) is 6.92 Å². The van der Waals surface area contributed by atoms with Crippen molar-refractivity contribution >= 4 is 5.78 Å². The fourth-order valence-corrected chi connectivity index (χ4v) is 4.49. The van der Waals surface area contributed by atoms with Crippen LogP contribution in [0, 0.1) is 0 Å². The van der Waals surface area contributed by atoms with Crippen LogP contribution in [0.25, 0.3) is 0 Å². The molecule has 0 bridgehead atoms. The Kier molecular flexibility index (Phi) is 60.6. The van der Waals surface area contributed by atoms with Crippen molar-refractivity contribution in [3.05, 3.63) is 36.5 Å². The zero-order chi connectivity index (χ0) is 32.9. The Bertz CT molecular complexity index is 451. The van der Waals surface area contributed by atoms with Gasteiger partial charge in [-0.05, 0) is 19.8 Å². The van der Waals surface area contributed by atoms with Gasteiger partial charge < -0.3 is 4.79 Å². The van der Waals surface area contributed by atoms with Crippen LogP contribution in [0.5, 0.6) is 0 Å². The summed E-state index contributed by atoms with van der Waals surface area (Å²) in [4.78, 5) is 10.0. The SMILES string of the molecule is C1=CC=CCC=C1.CCCC(C)=O.CCCCCCCCCC.CCCCCCCCCC.CCCCCCCCCC. The summed E-state index contributed by atoms with van der Waals surface area (Å²) in [6.45, 7) is 17.2. The van der Waals surface area contributed by atoms with Crippen molar-refractivity contribution < 1.29 is 4.79 Å². The summed E-state index contributed by atoms with van der Waals surface area (Å²) in [7, 11) is 0. The van der Waals surface area contributed by atoms with Crippen molar-refractivity contribution in [3.63, 3.8) is 0 Å². The topological polar surface area (TPSA) is 17.1 Å². The third kappa shape index (κ3) is 69.2. The lowest BCUT2D eigenvalue weighted by molar-refractivity contribution is -0.117. The molecule has 43 heavy (non-hydrogen) atoms. The van der Waals surface area contributed by atoms with Crippen LogP contribution in [0.4, 0.5) is 0 Å². The van der Waals surface area contributed by atoms with Gasteiger partial charge in [0.05, 0.1) is 0 Å². The van der Waals surface area contributed by atoms with E-state index in [2.05, 4.69) is 65.8 Å². The smallest absolute Gasteiger partial charge is 0.129 e. The first-order valence-electron chi connectivity index (χ1n) is 19.5. The molecule has 0 heterocycles. The van der Waals surface area contributed by atoms with Crippen molar-refractivity contribution in [2.45, 2.75) is 229 Å². The predicted molar refractivity (Wildman–Crippen MR) is 202 cm³/mol. The second-order valence-corrected chi connectivity index (χ2v) is 12.3. The summed E-state index contributed by atoms with van der Waals surface area (Å²) in [5.41, 5.74) is 0. The highest BCUT2D eigenvalue weighted by Gasteiger charge is 1.89. The minimum absolute atomic E-state index is 0.289. The average Bonchev–Trinajstić information content (AvgIpc) is 3.33. The van der Waals surface area contributed by atoms with Gasteiger partial charge in [0, 0.05) is 6.42 Å². The number of unbranched alkanes of at least 4 members (excludes halogenated alkanes) is 21. The maximum absolute atomic E-state index is 10.0. The van der Waals surface area contributed by atoms with Gasteiger partial charge in [-0.2, -0.15) is 0 Å². The highest BCUT2D eigenvalue weighted by Crippen LogP contribution is 2.09. The third-order valence-electron chi connectivity index (χ3n) is 7.35. The Morgan fingerprint density at radius 1 is 0.372 bits per heavy atom. The van der Waals surface area contributed by atoms with E-state index in [9.17, 15) is 4.79 Å². The molecular weight excluding hydrogens is 520 g/mol. The molecule has 0 saturated heterocycles. The lowest BCUT2D eigenvalue weighted by Crippen LogP contribution is -1.84. The van der Waals surface area contributed by atoms with E-state index in [1.807, 2.05) is 19.1 Å². The molecular formula is C42H84O. The van der Waals surface area contributed by atoms with Crippen LogP contribution >= 0.6 is 0 Å². The lowest BCUT2D eigenvalue weighted by Gasteiger charge is -1.97. The molecule has 0 spiro atoms. The molecule has 1 nitrogen and oxygen atoms in total. The van der Waals surface area contributed by atoms with Gasteiger partial charge in [-0.15, -0.1) is 0 Å². The van der Waals surface area contributed by atoms with Crippen molar-refractivity contribution in [2.75, 3.05) is 0 Å².